The lowest BCUT2D eigenvalue weighted by molar-refractivity contribution is -0.137. The quantitative estimate of drug-likeness (QED) is 0.302. The maximum atomic E-state index is 13.9. The van der Waals surface area contributed by atoms with Gasteiger partial charge in [0.15, 0.2) is 0 Å². The first-order chi connectivity index (χ1) is 16.3. The number of nitrogens with one attached hydrogen (secondary N) is 3. The van der Waals surface area contributed by atoms with Gasteiger partial charge in [-0.25, -0.2) is 14.8 Å². The van der Waals surface area contributed by atoms with Crippen LogP contribution in [0.4, 0.5) is 42.8 Å². The number of carbonyl (C=O) groups is 1. The van der Waals surface area contributed by atoms with Gasteiger partial charge < -0.3 is 19.9 Å². The van der Waals surface area contributed by atoms with Crippen LogP contribution in [0.15, 0.2) is 24.5 Å². The monoisotopic (exact) mass is 504 g/mol. The van der Waals surface area contributed by atoms with Gasteiger partial charge in [0.05, 0.1) is 24.0 Å². The number of rotatable bonds is 7. The van der Waals surface area contributed by atoms with Crippen molar-refractivity contribution >= 4 is 28.6 Å². The van der Waals surface area contributed by atoms with Crippen molar-refractivity contribution in [3.8, 4) is 11.3 Å². The highest BCUT2D eigenvalue weighted by Gasteiger charge is 2.39. The van der Waals surface area contributed by atoms with Crippen LogP contribution < -0.4 is 10.6 Å². The lowest BCUT2D eigenvalue weighted by Gasteiger charge is -2.16. The number of aromatic amines is 1. The summed E-state index contributed by atoms with van der Waals surface area (Å²) < 4.78 is 87.2. The fourth-order valence-electron chi connectivity index (χ4n) is 3.43. The first-order valence-corrected chi connectivity index (χ1v) is 10.2. The highest BCUT2D eigenvalue weighted by Crippen LogP contribution is 2.44. The number of carbonyl (C=O) groups excluding carboxylic acids is 1. The van der Waals surface area contributed by atoms with Crippen LogP contribution in [-0.4, -0.2) is 60.2 Å². The Morgan fingerprint density at radius 1 is 1.14 bits per heavy atom. The van der Waals surface area contributed by atoms with Gasteiger partial charge in [-0.15, -0.1) is 0 Å². The Labute approximate surface area is 195 Å². The molecule has 0 spiro atoms. The number of nitrogens with zero attached hydrogens (tertiary/aromatic N) is 3. The highest BCUT2D eigenvalue weighted by atomic mass is 19.4. The number of hydrogen-bond donors (Lipinski definition) is 3. The van der Waals surface area contributed by atoms with E-state index in [1.165, 1.54) is 0 Å². The van der Waals surface area contributed by atoms with Crippen molar-refractivity contribution in [1.82, 2.24) is 19.9 Å². The molecule has 0 aliphatic rings. The van der Waals surface area contributed by atoms with E-state index in [1.54, 1.807) is 0 Å². The number of amides is 1. The molecule has 14 heteroatoms. The first kappa shape index (κ1) is 26.1. The minimum Gasteiger partial charge on any atom is -0.453 e. The van der Waals surface area contributed by atoms with Crippen molar-refractivity contribution in [3.63, 3.8) is 0 Å². The van der Waals surface area contributed by atoms with Crippen LogP contribution >= 0.6 is 0 Å². The summed E-state index contributed by atoms with van der Waals surface area (Å²) in [5.41, 5.74) is -4.41. The molecule has 8 nitrogen and oxygen atoms in total. The van der Waals surface area contributed by atoms with E-state index in [0.717, 1.165) is 25.4 Å². The van der Waals surface area contributed by atoms with Crippen molar-refractivity contribution in [2.24, 2.45) is 0 Å². The summed E-state index contributed by atoms with van der Waals surface area (Å²) in [5, 5.41) is 4.63. The summed E-state index contributed by atoms with van der Waals surface area (Å²) >= 11 is 0. The maximum Gasteiger partial charge on any atom is 0.420 e. The van der Waals surface area contributed by atoms with Gasteiger partial charge in [-0.3, -0.25) is 5.32 Å². The van der Waals surface area contributed by atoms with Crippen molar-refractivity contribution in [1.29, 1.82) is 0 Å². The van der Waals surface area contributed by atoms with E-state index < -0.39 is 46.5 Å². The molecule has 0 unspecified atom stereocenters. The molecule has 3 rings (SSSR count). The van der Waals surface area contributed by atoms with Crippen LogP contribution in [0.25, 0.3) is 22.2 Å². The van der Waals surface area contributed by atoms with E-state index in [2.05, 4.69) is 25.0 Å². The second-order valence-electron chi connectivity index (χ2n) is 7.76. The lowest BCUT2D eigenvalue weighted by Crippen LogP contribution is -2.17. The second kappa shape index (κ2) is 9.98. The van der Waals surface area contributed by atoms with Crippen LogP contribution in [0.5, 0.6) is 0 Å². The zero-order chi connectivity index (χ0) is 26.0. The van der Waals surface area contributed by atoms with E-state index >= 15 is 0 Å². The summed E-state index contributed by atoms with van der Waals surface area (Å²) in [6.07, 6.45) is -8.69. The topological polar surface area (TPSA) is 95.2 Å². The molecule has 2 aromatic heterocycles. The largest absolute Gasteiger partial charge is 0.453 e. The van der Waals surface area contributed by atoms with Gasteiger partial charge in [0.1, 0.15) is 11.1 Å². The van der Waals surface area contributed by atoms with E-state index in [-0.39, 0.29) is 16.9 Å². The molecule has 0 radical (unpaired) electrons. The molecule has 0 bridgehead atoms. The Hall–Kier alpha value is -3.55. The number of aromatic nitrogens is 3. The number of hydrogen-bond acceptors (Lipinski definition) is 6. The second-order valence-corrected chi connectivity index (χ2v) is 7.76. The van der Waals surface area contributed by atoms with Gasteiger partial charge in [0.2, 0.25) is 5.95 Å². The Bertz CT molecular complexity index is 1210. The first-order valence-electron chi connectivity index (χ1n) is 10.2. The molecule has 190 valence electrons. The molecule has 0 fully saturated rings. The molecular weight excluding hydrogens is 482 g/mol. The minimum absolute atomic E-state index is 0.0962. The Morgan fingerprint density at radius 2 is 1.86 bits per heavy atom. The van der Waals surface area contributed by atoms with Gasteiger partial charge >= 0.3 is 18.4 Å². The molecule has 0 aliphatic carbocycles. The molecule has 3 aromatic rings. The zero-order valence-corrected chi connectivity index (χ0v) is 18.9. The van der Waals surface area contributed by atoms with Gasteiger partial charge in [-0.05, 0) is 33.1 Å². The van der Waals surface area contributed by atoms with Crippen LogP contribution in [0, 0.1) is 0 Å². The summed E-state index contributed by atoms with van der Waals surface area (Å²) in [6.45, 7) is 1.09. The lowest BCUT2D eigenvalue weighted by atomic mass is 10.0. The SMILES string of the molecule is COC(=O)Nc1ccc2c(-c3nc(NCCCN(C)C)ncc3C(F)(F)F)c[nH]c2c1C(F)(F)F. The molecule has 35 heavy (non-hydrogen) atoms. The number of ether oxygens (including phenoxy) is 1. The third kappa shape index (κ3) is 5.93. The third-order valence-corrected chi connectivity index (χ3v) is 4.98. The molecule has 1 aromatic carbocycles. The summed E-state index contributed by atoms with van der Waals surface area (Å²) in [6, 6.07) is 2.10. The summed E-state index contributed by atoms with van der Waals surface area (Å²) in [4.78, 5) is 23.5. The molecule has 0 saturated carbocycles. The fourth-order valence-corrected chi connectivity index (χ4v) is 3.43. The van der Waals surface area contributed by atoms with Crippen LogP contribution in [-0.2, 0) is 17.1 Å². The highest BCUT2D eigenvalue weighted by molar-refractivity contribution is 6.01. The number of fused-ring (bicyclic) bond motifs is 1. The third-order valence-electron chi connectivity index (χ3n) is 4.98. The molecule has 2 heterocycles. The molecule has 0 atom stereocenters. The van der Waals surface area contributed by atoms with Crippen molar-refractivity contribution < 1.29 is 35.9 Å². The normalized spacial score (nSPS) is 12.3. The smallest absolute Gasteiger partial charge is 0.420 e. The minimum atomic E-state index is -4.95. The number of halogens is 6. The van der Waals surface area contributed by atoms with Crippen LogP contribution in [0.1, 0.15) is 17.5 Å². The fraction of sp³-hybridized carbons (Fsp3) is 0.381. The average Bonchev–Trinajstić information content (AvgIpc) is 3.18. The van der Waals surface area contributed by atoms with Crippen molar-refractivity contribution in [3.05, 3.63) is 35.7 Å². The molecular formula is C21H22F6N6O2. The Kier molecular flexibility index (Phi) is 7.43. The average molecular weight is 504 g/mol. The van der Waals surface area contributed by atoms with E-state index in [0.29, 0.717) is 25.7 Å². The molecule has 1 amide bonds. The van der Waals surface area contributed by atoms with Gasteiger partial charge in [-0.2, -0.15) is 26.3 Å². The Balaban J connectivity index is 2.13. The number of methoxy groups -OCH3 is 1. The number of alkyl halides is 6. The van der Waals surface area contributed by atoms with Gasteiger partial charge in [0.25, 0.3) is 0 Å². The predicted octanol–water partition coefficient (Wildman–Crippen LogP) is 5.20. The summed E-state index contributed by atoms with van der Waals surface area (Å²) in [5.74, 6) is -0.0962. The maximum absolute atomic E-state index is 13.9. The Morgan fingerprint density at radius 3 is 2.46 bits per heavy atom. The number of anilines is 2. The van der Waals surface area contributed by atoms with E-state index in [4.69, 9.17) is 0 Å². The molecule has 0 aliphatic heterocycles. The van der Waals surface area contributed by atoms with E-state index in [9.17, 15) is 31.1 Å². The van der Waals surface area contributed by atoms with E-state index in [1.807, 2.05) is 24.3 Å². The zero-order valence-electron chi connectivity index (χ0n) is 18.9. The molecule has 3 N–H and O–H groups in total. The van der Waals surface area contributed by atoms with Gasteiger partial charge in [0, 0.05) is 29.9 Å². The number of H-pyrrole nitrogens is 1. The summed E-state index contributed by atoms with van der Waals surface area (Å²) in [7, 11) is 4.71. The molecule has 0 saturated heterocycles. The standard InChI is InChI=1S/C21H22F6N6O2/c1-33(2)8-4-7-28-18-30-10-13(20(22,23)24)16(32-18)12-9-29-17-11(12)5-6-14(31-19(34)35-3)15(17)21(25,26)27/h5-6,9-10,29H,4,7-8H2,1-3H3,(H,31,34)(H,28,30,32). The van der Waals surface area contributed by atoms with Crippen molar-refractivity contribution in [2.75, 3.05) is 44.9 Å². The van der Waals surface area contributed by atoms with Crippen LogP contribution in [0.2, 0.25) is 0 Å². The van der Waals surface area contributed by atoms with Crippen molar-refractivity contribution in [2.45, 2.75) is 18.8 Å². The predicted molar refractivity (Wildman–Crippen MR) is 117 cm³/mol. The number of benzene rings is 1. The van der Waals surface area contributed by atoms with Crippen LogP contribution in [0.3, 0.4) is 0 Å². The van der Waals surface area contributed by atoms with Gasteiger partial charge in [-0.1, -0.05) is 6.07 Å².